The molecule has 0 atom stereocenters. The predicted molar refractivity (Wildman–Crippen MR) is 122 cm³/mol. The van der Waals surface area contributed by atoms with Crippen molar-refractivity contribution in [1.82, 2.24) is 16.0 Å². The maximum atomic E-state index is 11.7. The van der Waals surface area contributed by atoms with Crippen molar-refractivity contribution in [3.8, 4) is 0 Å². The second-order valence-electron chi connectivity index (χ2n) is 7.06. The smallest absolute Gasteiger partial charge is 0.221 e. The van der Waals surface area contributed by atoms with Crippen LogP contribution in [0.5, 0.6) is 0 Å². The first-order valence-corrected chi connectivity index (χ1v) is 11.6. The Hall–Kier alpha value is -1.92. The number of Topliss-reactive ketones (excluding diaryl/α,β-unsaturated/α-hetero) is 2. The van der Waals surface area contributed by atoms with E-state index in [1.165, 1.54) is 0 Å². The van der Waals surface area contributed by atoms with E-state index in [0.29, 0.717) is 91.5 Å². The molecule has 2 amide bonds. The SMILES string of the molecule is CCC(=O)COCCOCCNC(=O)CCNCCC(=O)NCCOCCOCC(=O)CC. The summed E-state index contributed by atoms with van der Waals surface area (Å²) < 4.78 is 20.9. The maximum absolute atomic E-state index is 11.7. The summed E-state index contributed by atoms with van der Waals surface area (Å²) in [7, 11) is 0. The molecule has 0 aliphatic rings. The van der Waals surface area contributed by atoms with Crippen molar-refractivity contribution in [2.24, 2.45) is 0 Å². The van der Waals surface area contributed by atoms with Gasteiger partial charge in [-0.2, -0.15) is 0 Å². The van der Waals surface area contributed by atoms with Crippen molar-refractivity contribution in [3.63, 3.8) is 0 Å². The fourth-order valence-corrected chi connectivity index (χ4v) is 2.25. The maximum Gasteiger partial charge on any atom is 0.221 e. The van der Waals surface area contributed by atoms with Crippen molar-refractivity contribution in [1.29, 1.82) is 0 Å². The molecule has 0 aromatic rings. The topological polar surface area (TPSA) is 141 Å². The van der Waals surface area contributed by atoms with Gasteiger partial charge in [-0.05, 0) is 0 Å². The summed E-state index contributed by atoms with van der Waals surface area (Å²) in [5.41, 5.74) is 0. The van der Waals surface area contributed by atoms with E-state index >= 15 is 0 Å². The van der Waals surface area contributed by atoms with E-state index < -0.39 is 0 Å². The van der Waals surface area contributed by atoms with Gasteiger partial charge in [0.1, 0.15) is 13.2 Å². The predicted octanol–water partition coefficient (Wildman–Crippen LogP) is -0.387. The van der Waals surface area contributed by atoms with Gasteiger partial charge in [0.05, 0.1) is 39.6 Å². The minimum absolute atomic E-state index is 0.0574. The molecule has 0 spiro atoms. The number of carbonyl (C=O) groups is 4. The normalized spacial score (nSPS) is 10.7. The summed E-state index contributed by atoms with van der Waals surface area (Å²) in [6.07, 6.45) is 1.55. The van der Waals surface area contributed by atoms with Gasteiger partial charge in [0, 0.05) is 51.9 Å². The van der Waals surface area contributed by atoms with Gasteiger partial charge >= 0.3 is 0 Å². The third kappa shape index (κ3) is 23.0. The van der Waals surface area contributed by atoms with E-state index in [2.05, 4.69) is 16.0 Å². The van der Waals surface area contributed by atoms with Gasteiger partial charge in [-0.3, -0.25) is 19.2 Å². The lowest BCUT2D eigenvalue weighted by Gasteiger charge is -2.08. The summed E-state index contributed by atoms with van der Waals surface area (Å²) in [5, 5.41) is 8.54. The molecule has 0 saturated heterocycles. The Bertz CT molecular complexity index is 500. The third-order valence-corrected chi connectivity index (χ3v) is 4.25. The number of hydrogen-bond donors (Lipinski definition) is 3. The summed E-state index contributed by atoms with van der Waals surface area (Å²) >= 11 is 0. The van der Waals surface area contributed by atoms with Crippen molar-refractivity contribution in [3.05, 3.63) is 0 Å². The minimum Gasteiger partial charge on any atom is -0.377 e. The lowest BCUT2D eigenvalue weighted by Crippen LogP contribution is -2.33. The first-order chi connectivity index (χ1) is 16.0. The molecule has 3 N–H and O–H groups in total. The van der Waals surface area contributed by atoms with Crippen LogP contribution in [0.15, 0.2) is 0 Å². The summed E-state index contributed by atoms with van der Waals surface area (Å²) in [6.45, 7) is 7.75. The molecular weight excluding hydrogens is 434 g/mol. The molecule has 0 aromatic carbocycles. The Balaban J connectivity index is 3.35. The van der Waals surface area contributed by atoms with Crippen LogP contribution < -0.4 is 16.0 Å². The lowest BCUT2D eigenvalue weighted by molar-refractivity contribution is -0.124. The molecule has 0 saturated carbocycles. The Morgan fingerprint density at radius 2 is 0.939 bits per heavy atom. The van der Waals surface area contributed by atoms with Gasteiger partial charge in [-0.15, -0.1) is 0 Å². The molecule has 0 rings (SSSR count). The van der Waals surface area contributed by atoms with Crippen LogP contribution in [0, 0.1) is 0 Å². The van der Waals surface area contributed by atoms with Gasteiger partial charge in [0.25, 0.3) is 0 Å². The fourth-order valence-electron chi connectivity index (χ4n) is 2.25. The van der Waals surface area contributed by atoms with E-state index in [1.54, 1.807) is 13.8 Å². The van der Waals surface area contributed by atoms with Gasteiger partial charge in [-0.25, -0.2) is 0 Å². The van der Waals surface area contributed by atoms with Crippen LogP contribution in [-0.2, 0) is 38.1 Å². The summed E-state index contributed by atoms with van der Waals surface area (Å²) in [4.78, 5) is 45.5. The number of rotatable bonds is 24. The third-order valence-electron chi connectivity index (χ3n) is 4.25. The van der Waals surface area contributed by atoms with Crippen molar-refractivity contribution >= 4 is 23.4 Å². The average molecular weight is 476 g/mol. The molecule has 192 valence electrons. The Morgan fingerprint density at radius 3 is 1.33 bits per heavy atom. The number of ether oxygens (including phenoxy) is 4. The molecule has 11 heteroatoms. The van der Waals surface area contributed by atoms with E-state index in [-0.39, 0.29) is 36.6 Å². The molecule has 0 heterocycles. The van der Waals surface area contributed by atoms with Gasteiger partial charge < -0.3 is 34.9 Å². The van der Waals surface area contributed by atoms with Crippen LogP contribution in [0.4, 0.5) is 0 Å². The number of nitrogens with one attached hydrogen (secondary N) is 3. The average Bonchev–Trinajstić information content (AvgIpc) is 2.81. The molecule has 0 fully saturated rings. The largest absolute Gasteiger partial charge is 0.377 e. The first kappa shape index (κ1) is 31.1. The Kier molecular flexibility index (Phi) is 21.9. The summed E-state index contributed by atoms with van der Waals surface area (Å²) in [5.74, 6) is -0.0786. The standard InChI is InChI=1S/C22H41N3O8/c1-3-19(26)17-32-15-13-30-11-9-24-21(28)5-7-23-8-6-22(29)25-10-12-31-14-16-33-18-20(27)4-2/h23H,3-18H2,1-2H3,(H,24,28)(H,25,29). The second-order valence-corrected chi connectivity index (χ2v) is 7.06. The monoisotopic (exact) mass is 475 g/mol. The molecule has 0 aromatic heterocycles. The van der Waals surface area contributed by atoms with Gasteiger partial charge in [0.15, 0.2) is 11.6 Å². The highest BCUT2D eigenvalue weighted by molar-refractivity contribution is 5.79. The number of amides is 2. The van der Waals surface area contributed by atoms with E-state index in [4.69, 9.17) is 18.9 Å². The molecule has 33 heavy (non-hydrogen) atoms. The van der Waals surface area contributed by atoms with Crippen LogP contribution >= 0.6 is 0 Å². The van der Waals surface area contributed by atoms with Crippen molar-refractivity contribution in [2.45, 2.75) is 39.5 Å². The molecule has 0 bridgehead atoms. The molecule has 0 aliphatic carbocycles. The highest BCUT2D eigenvalue weighted by atomic mass is 16.5. The molecule has 0 aliphatic heterocycles. The zero-order valence-electron chi connectivity index (χ0n) is 20.1. The number of carbonyl (C=O) groups excluding carboxylic acids is 4. The lowest BCUT2D eigenvalue weighted by atomic mass is 10.3. The molecule has 0 radical (unpaired) electrons. The highest BCUT2D eigenvalue weighted by Gasteiger charge is 2.03. The van der Waals surface area contributed by atoms with Crippen LogP contribution in [0.3, 0.4) is 0 Å². The zero-order valence-corrected chi connectivity index (χ0v) is 20.1. The second kappa shape index (κ2) is 23.2. The van der Waals surface area contributed by atoms with Crippen molar-refractivity contribution < 1.29 is 38.1 Å². The highest BCUT2D eigenvalue weighted by Crippen LogP contribution is 1.86. The summed E-state index contributed by atoms with van der Waals surface area (Å²) in [6, 6.07) is 0. The Morgan fingerprint density at radius 1 is 0.545 bits per heavy atom. The number of ketones is 2. The van der Waals surface area contributed by atoms with Gasteiger partial charge in [0.2, 0.25) is 11.8 Å². The fraction of sp³-hybridized carbons (Fsp3) is 0.818. The number of hydrogen-bond acceptors (Lipinski definition) is 9. The Labute approximate surface area is 196 Å². The van der Waals surface area contributed by atoms with E-state index in [9.17, 15) is 19.2 Å². The first-order valence-electron chi connectivity index (χ1n) is 11.6. The molecule has 0 unspecified atom stereocenters. The minimum atomic E-state index is -0.0967. The quantitative estimate of drug-likeness (QED) is 0.159. The molecular formula is C22H41N3O8. The van der Waals surface area contributed by atoms with Crippen LogP contribution in [-0.4, -0.2) is 102 Å². The van der Waals surface area contributed by atoms with Crippen LogP contribution in [0.1, 0.15) is 39.5 Å². The van der Waals surface area contributed by atoms with E-state index in [1.807, 2.05) is 0 Å². The zero-order chi connectivity index (χ0) is 24.6. The van der Waals surface area contributed by atoms with Crippen molar-refractivity contribution in [2.75, 3.05) is 79.0 Å². The van der Waals surface area contributed by atoms with Crippen LogP contribution in [0.25, 0.3) is 0 Å². The van der Waals surface area contributed by atoms with Gasteiger partial charge in [-0.1, -0.05) is 13.8 Å². The van der Waals surface area contributed by atoms with E-state index in [0.717, 1.165) is 0 Å². The van der Waals surface area contributed by atoms with Crippen LogP contribution in [0.2, 0.25) is 0 Å². The molecule has 11 nitrogen and oxygen atoms in total.